The minimum absolute atomic E-state index is 0.0494. The third-order valence-electron chi connectivity index (χ3n) is 5.70. The number of likely N-dealkylation sites (N-methyl/N-ethyl adjacent to an activating group) is 1. The highest BCUT2D eigenvalue weighted by molar-refractivity contribution is 8.26. The minimum Gasteiger partial charge on any atom is -0.456 e. The maximum atomic E-state index is 13.1. The van der Waals surface area contributed by atoms with E-state index in [4.69, 9.17) is 17.0 Å². The molecule has 2 N–H and O–H groups in total. The molecule has 10 heteroatoms. The first-order valence-corrected chi connectivity index (χ1v) is 12.9. The molecule has 1 aliphatic rings. The van der Waals surface area contributed by atoms with E-state index in [0.29, 0.717) is 32.6 Å². The second-order valence-electron chi connectivity index (χ2n) is 8.10. The van der Waals surface area contributed by atoms with Crippen molar-refractivity contribution in [1.29, 1.82) is 0 Å². The Morgan fingerprint density at radius 3 is 2.42 bits per heavy atom. The molecule has 1 heterocycles. The summed E-state index contributed by atoms with van der Waals surface area (Å²) in [5.41, 5.74) is 1.63. The zero-order valence-corrected chi connectivity index (χ0v) is 21.8. The van der Waals surface area contributed by atoms with Crippen LogP contribution in [-0.4, -0.2) is 59.8 Å². The molecule has 2 aromatic rings. The van der Waals surface area contributed by atoms with Crippen molar-refractivity contribution in [2.75, 3.05) is 38.1 Å². The Balaban J connectivity index is 1.47. The number of thioether (sulfide) groups is 1. The molecular weight excluding hydrogens is 501 g/mol. The number of quaternary nitrogens is 1. The van der Waals surface area contributed by atoms with Crippen molar-refractivity contribution < 1.29 is 28.4 Å². The van der Waals surface area contributed by atoms with Gasteiger partial charge < -0.3 is 15.0 Å². The highest BCUT2D eigenvalue weighted by atomic mass is 32.2. The van der Waals surface area contributed by atoms with Crippen LogP contribution in [0, 0.1) is 5.82 Å². The quantitative estimate of drug-likeness (QED) is 0.264. The van der Waals surface area contributed by atoms with Gasteiger partial charge in [-0.15, -0.1) is 0 Å². The van der Waals surface area contributed by atoms with Crippen molar-refractivity contribution in [2.24, 2.45) is 0 Å². The van der Waals surface area contributed by atoms with Gasteiger partial charge in [0.05, 0.1) is 23.6 Å². The molecule has 1 aliphatic heterocycles. The van der Waals surface area contributed by atoms with Crippen LogP contribution in [0.2, 0.25) is 0 Å². The molecule has 0 aromatic heterocycles. The molecule has 0 aliphatic carbocycles. The van der Waals surface area contributed by atoms with E-state index in [2.05, 4.69) is 19.2 Å². The van der Waals surface area contributed by atoms with Gasteiger partial charge >= 0.3 is 5.97 Å². The SMILES string of the molecule is CC[NH+](CC)CCOC(=O)c1ccc(NC(=O)CCN2C(=O)/C(=C/c3ccc(F)cc3)SC2=S)cc1. The Hall–Kier alpha value is -3.08. The maximum Gasteiger partial charge on any atom is 0.338 e. The number of esters is 1. The molecule has 36 heavy (non-hydrogen) atoms. The van der Waals surface area contributed by atoms with E-state index in [9.17, 15) is 18.8 Å². The van der Waals surface area contributed by atoms with E-state index in [1.165, 1.54) is 21.9 Å². The van der Waals surface area contributed by atoms with E-state index >= 15 is 0 Å². The average Bonchev–Trinajstić information content (AvgIpc) is 3.14. The second kappa shape index (κ2) is 13.3. The number of ether oxygens (including phenoxy) is 1. The topological polar surface area (TPSA) is 80.2 Å². The summed E-state index contributed by atoms with van der Waals surface area (Å²) in [6.07, 6.45) is 1.70. The van der Waals surface area contributed by atoms with Gasteiger partial charge in [0, 0.05) is 18.7 Å². The van der Waals surface area contributed by atoms with E-state index in [1.807, 2.05) is 0 Å². The molecule has 0 saturated carbocycles. The van der Waals surface area contributed by atoms with Gasteiger partial charge in [-0.2, -0.15) is 0 Å². The van der Waals surface area contributed by atoms with E-state index in [-0.39, 0.29) is 30.6 Å². The van der Waals surface area contributed by atoms with Gasteiger partial charge in [0.1, 0.15) is 23.3 Å². The van der Waals surface area contributed by atoms with Crippen molar-refractivity contribution >= 4 is 57.8 Å². The van der Waals surface area contributed by atoms with Crippen LogP contribution in [0.25, 0.3) is 6.08 Å². The lowest BCUT2D eigenvalue weighted by atomic mass is 10.2. The fraction of sp³-hybridized carbons (Fsp3) is 0.308. The van der Waals surface area contributed by atoms with Crippen LogP contribution >= 0.6 is 24.0 Å². The van der Waals surface area contributed by atoms with Crippen LogP contribution in [0.5, 0.6) is 0 Å². The van der Waals surface area contributed by atoms with Gasteiger partial charge in [-0.25, -0.2) is 9.18 Å². The molecule has 0 atom stereocenters. The highest BCUT2D eigenvalue weighted by Gasteiger charge is 2.32. The number of carbonyl (C=O) groups excluding carboxylic acids is 3. The lowest BCUT2D eigenvalue weighted by Gasteiger charge is -2.15. The first-order valence-electron chi connectivity index (χ1n) is 11.7. The minimum atomic E-state index is -0.400. The zero-order valence-electron chi connectivity index (χ0n) is 20.2. The molecule has 0 spiro atoms. The number of hydrogen-bond donors (Lipinski definition) is 2. The number of halogens is 1. The predicted molar refractivity (Wildman–Crippen MR) is 143 cm³/mol. The van der Waals surface area contributed by atoms with E-state index in [1.54, 1.807) is 42.5 Å². The summed E-state index contributed by atoms with van der Waals surface area (Å²) < 4.78 is 18.8. The van der Waals surface area contributed by atoms with Crippen molar-refractivity contribution in [3.8, 4) is 0 Å². The summed E-state index contributed by atoms with van der Waals surface area (Å²) in [5.74, 6) is -1.33. The van der Waals surface area contributed by atoms with Gasteiger partial charge in [-0.05, 0) is 61.9 Å². The third-order valence-corrected chi connectivity index (χ3v) is 7.07. The molecule has 0 unspecified atom stereocenters. The number of benzene rings is 2. The summed E-state index contributed by atoms with van der Waals surface area (Å²) in [6, 6.07) is 12.3. The Bertz CT molecular complexity index is 1130. The highest BCUT2D eigenvalue weighted by Crippen LogP contribution is 2.32. The number of amides is 2. The number of nitrogens with zero attached hydrogens (tertiary/aromatic N) is 1. The molecule has 190 valence electrons. The monoisotopic (exact) mass is 530 g/mol. The lowest BCUT2D eigenvalue weighted by Crippen LogP contribution is -3.11. The number of hydrogen-bond acceptors (Lipinski definition) is 6. The van der Waals surface area contributed by atoms with Crippen molar-refractivity contribution in [3.63, 3.8) is 0 Å². The number of anilines is 1. The standard InChI is InChI=1S/C26H28FN3O4S2/c1-3-29(4-2)15-16-34-25(33)19-7-11-21(12-8-19)28-23(31)13-14-30-24(32)22(36-26(30)35)17-18-5-9-20(27)10-6-18/h5-12,17H,3-4,13-16H2,1-2H3,(H,28,31)/p+1/b22-17-. The Kier molecular flexibility index (Phi) is 10.2. The van der Waals surface area contributed by atoms with Crippen LogP contribution in [0.3, 0.4) is 0 Å². The zero-order chi connectivity index (χ0) is 26.1. The van der Waals surface area contributed by atoms with Crippen molar-refractivity contribution in [3.05, 3.63) is 70.4 Å². The number of rotatable bonds is 11. The smallest absolute Gasteiger partial charge is 0.338 e. The van der Waals surface area contributed by atoms with Crippen LogP contribution in [-0.2, 0) is 14.3 Å². The Morgan fingerprint density at radius 2 is 1.78 bits per heavy atom. The van der Waals surface area contributed by atoms with Crippen LogP contribution in [0.4, 0.5) is 10.1 Å². The van der Waals surface area contributed by atoms with Gasteiger partial charge in [0.25, 0.3) is 5.91 Å². The Labute approximate surface area is 219 Å². The molecular formula is C26H29FN3O4S2+. The fourth-order valence-corrected chi connectivity index (χ4v) is 4.81. The lowest BCUT2D eigenvalue weighted by molar-refractivity contribution is -0.896. The summed E-state index contributed by atoms with van der Waals surface area (Å²) >= 11 is 6.45. The van der Waals surface area contributed by atoms with Gasteiger partial charge in [0.15, 0.2) is 0 Å². The average molecular weight is 531 g/mol. The molecule has 1 saturated heterocycles. The molecule has 3 rings (SSSR count). The molecule has 7 nitrogen and oxygen atoms in total. The van der Waals surface area contributed by atoms with Crippen molar-refractivity contribution in [1.82, 2.24) is 4.90 Å². The summed E-state index contributed by atoms with van der Waals surface area (Å²) in [4.78, 5) is 40.5. The first-order chi connectivity index (χ1) is 17.3. The molecule has 0 bridgehead atoms. The van der Waals surface area contributed by atoms with E-state index < -0.39 is 5.97 Å². The van der Waals surface area contributed by atoms with Crippen LogP contribution in [0.15, 0.2) is 53.4 Å². The summed E-state index contributed by atoms with van der Waals surface area (Å²) in [7, 11) is 0. The fourth-order valence-electron chi connectivity index (χ4n) is 3.50. The first kappa shape index (κ1) is 27.5. The third kappa shape index (κ3) is 7.71. The largest absolute Gasteiger partial charge is 0.456 e. The summed E-state index contributed by atoms with van der Waals surface area (Å²) in [6.45, 7) is 7.39. The number of carbonyl (C=O) groups is 3. The Morgan fingerprint density at radius 1 is 1.11 bits per heavy atom. The summed E-state index contributed by atoms with van der Waals surface area (Å²) in [5, 5.41) is 2.76. The molecule has 1 fully saturated rings. The molecule has 0 radical (unpaired) electrons. The van der Waals surface area contributed by atoms with Gasteiger partial charge in [0.2, 0.25) is 5.91 Å². The van der Waals surface area contributed by atoms with Crippen molar-refractivity contribution in [2.45, 2.75) is 20.3 Å². The molecule has 2 amide bonds. The van der Waals surface area contributed by atoms with Gasteiger partial charge in [-0.3, -0.25) is 14.5 Å². The normalized spacial score (nSPS) is 14.6. The maximum absolute atomic E-state index is 13.1. The second-order valence-corrected chi connectivity index (χ2v) is 9.78. The predicted octanol–water partition coefficient (Wildman–Crippen LogP) is 3.14. The number of thiocarbonyl (C=S) groups is 1. The van der Waals surface area contributed by atoms with Crippen LogP contribution in [0.1, 0.15) is 36.2 Å². The van der Waals surface area contributed by atoms with Gasteiger partial charge in [-0.1, -0.05) is 36.1 Å². The van der Waals surface area contributed by atoms with E-state index in [0.717, 1.165) is 31.4 Å². The molecule has 2 aromatic carbocycles. The number of nitrogens with one attached hydrogen (secondary N) is 2. The van der Waals surface area contributed by atoms with Crippen LogP contribution < -0.4 is 10.2 Å².